The van der Waals surface area contributed by atoms with Crippen molar-refractivity contribution in [2.45, 2.75) is 83.2 Å². The standard InChI is InChI=1S/C20H34N2O14S2/c1-12(23)31-11-16-17(33-13(2)24)18(34-14(3)25)19(35-15(4)26)20(36-16)37(27,28)22-9-7-5-6-8-10-32-38(21,29)30/h16-20,22H,5-11H2,1-4H3,(H2,21,29,30)/t16-,17-,18+,19-,20+/m1/s1. The molecule has 0 saturated carbocycles. The number of nitrogens with one attached hydrogen (secondary N) is 1. The molecule has 0 spiro atoms. The van der Waals surface area contributed by atoms with Crippen molar-refractivity contribution in [3.63, 3.8) is 0 Å². The van der Waals surface area contributed by atoms with Gasteiger partial charge in [0.1, 0.15) is 12.7 Å². The minimum atomic E-state index is -4.43. The van der Waals surface area contributed by atoms with Crippen LogP contribution in [-0.2, 0) is 67.4 Å². The lowest BCUT2D eigenvalue weighted by Gasteiger charge is -2.43. The molecule has 0 aromatic heterocycles. The van der Waals surface area contributed by atoms with E-state index in [1.54, 1.807) is 0 Å². The molecule has 0 aliphatic carbocycles. The van der Waals surface area contributed by atoms with E-state index in [9.17, 15) is 36.0 Å². The van der Waals surface area contributed by atoms with Crippen molar-refractivity contribution < 1.29 is 63.9 Å². The van der Waals surface area contributed by atoms with Gasteiger partial charge in [0.25, 0.3) is 0 Å². The molecule has 0 radical (unpaired) electrons. The first-order chi connectivity index (χ1) is 17.5. The number of rotatable bonds is 15. The fraction of sp³-hybridized carbons (Fsp3) is 0.800. The van der Waals surface area contributed by atoms with Gasteiger partial charge in [-0.15, -0.1) is 0 Å². The second kappa shape index (κ2) is 15.3. The summed E-state index contributed by atoms with van der Waals surface area (Å²) in [7, 11) is -8.46. The molecule has 3 N–H and O–H groups in total. The third-order valence-electron chi connectivity index (χ3n) is 4.88. The fourth-order valence-electron chi connectivity index (χ4n) is 3.49. The Kier molecular flexibility index (Phi) is 13.5. The van der Waals surface area contributed by atoms with Gasteiger partial charge in [-0.05, 0) is 12.8 Å². The highest BCUT2D eigenvalue weighted by Crippen LogP contribution is 2.31. The second-order valence-corrected chi connectivity index (χ2v) is 11.3. The number of carbonyl (C=O) groups is 4. The van der Waals surface area contributed by atoms with Crippen LogP contribution < -0.4 is 9.86 Å². The van der Waals surface area contributed by atoms with E-state index in [4.69, 9.17) is 28.8 Å². The summed E-state index contributed by atoms with van der Waals surface area (Å²) in [5.41, 5.74) is -1.94. The van der Waals surface area contributed by atoms with Crippen LogP contribution >= 0.6 is 0 Å². The van der Waals surface area contributed by atoms with Crippen LogP contribution in [0.4, 0.5) is 0 Å². The molecule has 1 aliphatic heterocycles. The molecular weight excluding hydrogens is 556 g/mol. The van der Waals surface area contributed by atoms with Crippen LogP contribution in [0.15, 0.2) is 0 Å². The summed E-state index contributed by atoms with van der Waals surface area (Å²) in [6, 6.07) is 0. The molecule has 5 atom stereocenters. The maximum atomic E-state index is 13.2. The van der Waals surface area contributed by atoms with Crippen LogP contribution in [0, 0.1) is 0 Å². The number of carbonyl (C=O) groups excluding carboxylic acids is 4. The van der Waals surface area contributed by atoms with Crippen LogP contribution in [0.2, 0.25) is 0 Å². The third kappa shape index (κ3) is 12.4. The number of hydrogen-bond donors (Lipinski definition) is 2. The zero-order valence-electron chi connectivity index (χ0n) is 21.4. The predicted molar refractivity (Wildman–Crippen MR) is 126 cm³/mol. The smallest absolute Gasteiger partial charge is 0.333 e. The van der Waals surface area contributed by atoms with Crippen LogP contribution in [0.25, 0.3) is 0 Å². The molecule has 0 unspecified atom stereocenters. The number of nitrogens with two attached hydrogens (primary N) is 1. The molecule has 0 aromatic rings. The van der Waals surface area contributed by atoms with Gasteiger partial charge in [-0.3, -0.25) is 23.4 Å². The molecule has 38 heavy (non-hydrogen) atoms. The number of sulfonamides is 1. The molecule has 1 fully saturated rings. The minimum Gasteiger partial charge on any atom is -0.463 e. The van der Waals surface area contributed by atoms with Crippen molar-refractivity contribution in [1.29, 1.82) is 0 Å². The third-order valence-corrected chi connectivity index (χ3v) is 6.97. The molecule has 18 heteroatoms. The molecule has 1 aliphatic rings. The van der Waals surface area contributed by atoms with Gasteiger partial charge in [0, 0.05) is 34.2 Å². The number of ether oxygens (including phenoxy) is 5. The molecule has 1 rings (SSSR count). The Labute approximate surface area is 221 Å². The van der Waals surface area contributed by atoms with E-state index in [0.29, 0.717) is 25.7 Å². The number of esters is 4. The van der Waals surface area contributed by atoms with Gasteiger partial charge < -0.3 is 23.7 Å². The highest BCUT2D eigenvalue weighted by Gasteiger charge is 2.56. The van der Waals surface area contributed by atoms with Gasteiger partial charge in [0.2, 0.25) is 15.5 Å². The van der Waals surface area contributed by atoms with Crippen molar-refractivity contribution in [3.8, 4) is 0 Å². The van der Waals surface area contributed by atoms with E-state index in [-0.39, 0.29) is 13.2 Å². The Morgan fingerprint density at radius 1 is 0.763 bits per heavy atom. The summed E-state index contributed by atoms with van der Waals surface area (Å²) < 4.78 is 80.7. The number of hydrogen-bond acceptors (Lipinski definition) is 14. The summed E-state index contributed by atoms with van der Waals surface area (Å²) in [4.78, 5) is 46.8. The van der Waals surface area contributed by atoms with Crippen LogP contribution in [0.3, 0.4) is 0 Å². The Balaban J connectivity index is 3.08. The van der Waals surface area contributed by atoms with E-state index in [2.05, 4.69) is 8.91 Å². The van der Waals surface area contributed by atoms with Crippen molar-refractivity contribution in [2.24, 2.45) is 5.14 Å². The van der Waals surface area contributed by atoms with Gasteiger partial charge in [0.05, 0.1) is 6.61 Å². The topological polar surface area (TPSA) is 230 Å². The van der Waals surface area contributed by atoms with Gasteiger partial charge in [-0.1, -0.05) is 12.8 Å². The van der Waals surface area contributed by atoms with E-state index in [1.165, 1.54) is 0 Å². The van der Waals surface area contributed by atoms with Crippen molar-refractivity contribution in [1.82, 2.24) is 4.72 Å². The summed E-state index contributed by atoms with van der Waals surface area (Å²) >= 11 is 0. The van der Waals surface area contributed by atoms with Gasteiger partial charge in [-0.25, -0.2) is 18.3 Å². The van der Waals surface area contributed by atoms with Crippen molar-refractivity contribution in [2.75, 3.05) is 19.8 Å². The summed E-state index contributed by atoms with van der Waals surface area (Å²) in [6.45, 7) is 3.38. The highest BCUT2D eigenvalue weighted by atomic mass is 32.2. The van der Waals surface area contributed by atoms with Crippen molar-refractivity contribution >= 4 is 44.2 Å². The number of unbranched alkanes of at least 4 members (excludes halogenated alkanes) is 3. The average Bonchev–Trinajstić information content (AvgIpc) is 2.75. The first-order valence-corrected chi connectivity index (χ1v) is 14.5. The molecular formula is C20H34N2O14S2. The first-order valence-electron chi connectivity index (χ1n) is 11.5. The summed E-state index contributed by atoms with van der Waals surface area (Å²) in [5.74, 6) is -3.42. The zero-order valence-corrected chi connectivity index (χ0v) is 23.1. The Morgan fingerprint density at radius 2 is 1.29 bits per heavy atom. The predicted octanol–water partition coefficient (Wildman–Crippen LogP) is -1.23. The maximum absolute atomic E-state index is 13.2. The Bertz CT molecular complexity index is 1050. The largest absolute Gasteiger partial charge is 0.463 e. The fourth-order valence-corrected chi connectivity index (χ4v) is 5.29. The van der Waals surface area contributed by atoms with Crippen LogP contribution in [0.1, 0.15) is 53.4 Å². The van der Waals surface area contributed by atoms with Gasteiger partial charge in [-0.2, -0.15) is 8.42 Å². The molecule has 1 saturated heterocycles. The van der Waals surface area contributed by atoms with Gasteiger partial charge in [0.15, 0.2) is 18.3 Å². The molecule has 1 heterocycles. The molecule has 16 nitrogen and oxygen atoms in total. The lowest BCUT2D eigenvalue weighted by molar-refractivity contribution is -0.238. The lowest BCUT2D eigenvalue weighted by atomic mass is 9.99. The molecule has 0 amide bonds. The SMILES string of the molecule is CC(=O)OC[C@H]1O[C@@H](S(=O)(=O)NCCCCCCOS(N)(=O)=O)[C@H](OC(C)=O)[C@@H](OC(C)=O)[C@@H]1OC(C)=O. The summed E-state index contributed by atoms with van der Waals surface area (Å²) in [6.07, 6.45) is -4.55. The quantitative estimate of drug-likeness (QED) is 0.129. The van der Waals surface area contributed by atoms with Gasteiger partial charge >= 0.3 is 34.2 Å². The first kappa shape index (κ1) is 33.6. The van der Waals surface area contributed by atoms with E-state index < -0.39 is 80.7 Å². The lowest BCUT2D eigenvalue weighted by Crippen LogP contribution is -2.65. The molecule has 0 bridgehead atoms. The average molecular weight is 591 g/mol. The minimum absolute atomic E-state index is 0.0781. The molecule has 0 aromatic carbocycles. The Hall–Kier alpha value is -2.38. The Morgan fingerprint density at radius 3 is 1.82 bits per heavy atom. The monoisotopic (exact) mass is 590 g/mol. The normalized spacial score (nSPS) is 23.8. The zero-order chi connectivity index (χ0) is 29.1. The van der Waals surface area contributed by atoms with Crippen LogP contribution in [-0.4, -0.2) is 90.3 Å². The van der Waals surface area contributed by atoms with Crippen LogP contribution in [0.5, 0.6) is 0 Å². The van der Waals surface area contributed by atoms with E-state index in [0.717, 1.165) is 27.7 Å². The molecule has 220 valence electrons. The van der Waals surface area contributed by atoms with E-state index >= 15 is 0 Å². The van der Waals surface area contributed by atoms with Crippen molar-refractivity contribution in [3.05, 3.63) is 0 Å². The summed E-state index contributed by atoms with van der Waals surface area (Å²) in [5, 5.41) is 4.72. The second-order valence-electron chi connectivity index (χ2n) is 8.24. The maximum Gasteiger partial charge on any atom is 0.333 e. The van der Waals surface area contributed by atoms with E-state index in [1.807, 2.05) is 0 Å². The highest BCUT2D eigenvalue weighted by molar-refractivity contribution is 7.90.